The van der Waals surface area contributed by atoms with Crippen molar-refractivity contribution in [2.24, 2.45) is 5.92 Å². The van der Waals surface area contributed by atoms with Gasteiger partial charge in [-0.2, -0.15) is 13.2 Å². The summed E-state index contributed by atoms with van der Waals surface area (Å²) in [6.45, 7) is 3.03. The van der Waals surface area contributed by atoms with Crippen molar-refractivity contribution in [1.29, 1.82) is 0 Å². The summed E-state index contributed by atoms with van der Waals surface area (Å²) in [6, 6.07) is 0.457. The number of hydrogen-bond donors (Lipinski definition) is 1. The molecule has 24 heavy (non-hydrogen) atoms. The van der Waals surface area contributed by atoms with Crippen LogP contribution in [-0.4, -0.2) is 29.6 Å². The Morgan fingerprint density at radius 1 is 1.29 bits per heavy atom. The van der Waals surface area contributed by atoms with Crippen LogP contribution in [0.4, 0.5) is 13.2 Å². The number of amides is 1. The second-order valence-corrected chi connectivity index (χ2v) is 5.65. The van der Waals surface area contributed by atoms with E-state index >= 15 is 0 Å². The predicted octanol–water partition coefficient (Wildman–Crippen LogP) is 1.57. The molecule has 0 fully saturated rings. The maximum absolute atomic E-state index is 12.7. The highest BCUT2D eigenvalue weighted by Crippen LogP contribution is 2.27. The van der Waals surface area contributed by atoms with Gasteiger partial charge in [0.1, 0.15) is 12.6 Å². The first-order valence-electron chi connectivity index (χ1n) is 7.19. The highest BCUT2D eigenvalue weighted by Gasteiger charge is 2.31. The van der Waals surface area contributed by atoms with Crippen molar-refractivity contribution in [2.75, 3.05) is 7.11 Å². The molecule has 0 aliphatic heterocycles. The summed E-state index contributed by atoms with van der Waals surface area (Å²) < 4.78 is 43.2. The lowest BCUT2D eigenvalue weighted by Crippen LogP contribution is -2.44. The molecule has 0 aliphatic rings. The van der Waals surface area contributed by atoms with E-state index in [1.807, 2.05) is 13.8 Å². The Hall–Kier alpha value is -2.32. The molecule has 1 heterocycles. The quantitative estimate of drug-likeness (QED) is 0.792. The number of aromatic nitrogens is 1. The van der Waals surface area contributed by atoms with Gasteiger partial charge in [-0.05, 0) is 18.4 Å². The van der Waals surface area contributed by atoms with Gasteiger partial charge >= 0.3 is 12.1 Å². The standard InChI is InChI=1S/C15H19F3N2O4/c1-9(2)6-11(14(23)24-3)19-12(21)8-20-7-10(15(16,17)18)4-5-13(20)22/h4-5,7,9,11H,6,8H2,1-3H3,(H,19,21)/t11-/m1/s1. The number of pyridine rings is 1. The van der Waals surface area contributed by atoms with Gasteiger partial charge in [0.25, 0.3) is 5.56 Å². The molecular formula is C15H19F3N2O4. The average Bonchev–Trinajstić information content (AvgIpc) is 2.46. The summed E-state index contributed by atoms with van der Waals surface area (Å²) in [6.07, 6.45) is -3.76. The number of nitrogens with zero attached hydrogens (tertiary/aromatic N) is 1. The van der Waals surface area contributed by atoms with Crippen LogP contribution in [0.3, 0.4) is 0 Å². The lowest BCUT2D eigenvalue weighted by molar-refractivity contribution is -0.145. The molecule has 0 unspecified atom stereocenters. The fraction of sp³-hybridized carbons (Fsp3) is 0.533. The van der Waals surface area contributed by atoms with Crippen molar-refractivity contribution in [2.45, 2.75) is 39.0 Å². The number of esters is 1. The number of hydrogen-bond acceptors (Lipinski definition) is 4. The molecule has 1 aromatic rings. The number of rotatable bonds is 6. The van der Waals surface area contributed by atoms with E-state index in [0.29, 0.717) is 23.3 Å². The topological polar surface area (TPSA) is 77.4 Å². The molecule has 1 amide bonds. The number of ether oxygens (including phenoxy) is 1. The van der Waals surface area contributed by atoms with Crippen molar-refractivity contribution < 1.29 is 27.5 Å². The Morgan fingerprint density at radius 2 is 1.92 bits per heavy atom. The number of halogens is 3. The Balaban J connectivity index is 2.90. The Labute approximate surface area is 136 Å². The second-order valence-electron chi connectivity index (χ2n) is 5.65. The number of carbonyl (C=O) groups excluding carboxylic acids is 2. The fourth-order valence-electron chi connectivity index (χ4n) is 2.05. The van der Waals surface area contributed by atoms with Crippen molar-refractivity contribution >= 4 is 11.9 Å². The van der Waals surface area contributed by atoms with Crippen molar-refractivity contribution in [1.82, 2.24) is 9.88 Å². The van der Waals surface area contributed by atoms with E-state index in [-0.39, 0.29) is 5.92 Å². The molecule has 134 valence electrons. The van der Waals surface area contributed by atoms with E-state index in [2.05, 4.69) is 10.1 Å². The molecule has 0 spiro atoms. The fourth-order valence-corrected chi connectivity index (χ4v) is 2.05. The van der Waals surface area contributed by atoms with Gasteiger partial charge in [0.2, 0.25) is 5.91 Å². The molecule has 0 saturated carbocycles. The maximum atomic E-state index is 12.7. The highest BCUT2D eigenvalue weighted by molar-refractivity contribution is 5.84. The third-order valence-electron chi connectivity index (χ3n) is 3.15. The summed E-state index contributed by atoms with van der Waals surface area (Å²) >= 11 is 0. The first-order chi connectivity index (χ1) is 11.0. The summed E-state index contributed by atoms with van der Waals surface area (Å²) in [7, 11) is 1.17. The van der Waals surface area contributed by atoms with Crippen LogP contribution < -0.4 is 10.9 Å². The predicted molar refractivity (Wildman–Crippen MR) is 79.1 cm³/mol. The van der Waals surface area contributed by atoms with Crippen LogP contribution in [-0.2, 0) is 27.0 Å². The van der Waals surface area contributed by atoms with Crippen LogP contribution in [0.5, 0.6) is 0 Å². The van der Waals surface area contributed by atoms with Crippen LogP contribution >= 0.6 is 0 Å². The highest BCUT2D eigenvalue weighted by atomic mass is 19.4. The molecule has 0 radical (unpaired) electrons. The number of carbonyl (C=O) groups is 2. The summed E-state index contributed by atoms with van der Waals surface area (Å²) in [5.41, 5.74) is -1.79. The minimum absolute atomic E-state index is 0.0747. The lowest BCUT2D eigenvalue weighted by atomic mass is 10.0. The molecule has 0 bridgehead atoms. The van der Waals surface area contributed by atoms with Gasteiger partial charge in [0, 0.05) is 12.3 Å². The zero-order chi connectivity index (χ0) is 18.5. The van der Waals surface area contributed by atoms with Crippen molar-refractivity contribution in [3.63, 3.8) is 0 Å². The number of methoxy groups -OCH3 is 1. The third-order valence-corrected chi connectivity index (χ3v) is 3.15. The summed E-state index contributed by atoms with van der Waals surface area (Å²) in [4.78, 5) is 35.2. The molecule has 1 N–H and O–H groups in total. The summed E-state index contributed by atoms with van der Waals surface area (Å²) in [5.74, 6) is -1.34. The van der Waals surface area contributed by atoms with Crippen LogP contribution in [0.2, 0.25) is 0 Å². The van der Waals surface area contributed by atoms with Crippen molar-refractivity contribution in [3.05, 3.63) is 34.2 Å². The van der Waals surface area contributed by atoms with Crippen molar-refractivity contribution in [3.8, 4) is 0 Å². The van der Waals surface area contributed by atoms with E-state index < -0.39 is 41.8 Å². The number of nitrogens with one attached hydrogen (secondary N) is 1. The minimum atomic E-state index is -4.63. The maximum Gasteiger partial charge on any atom is 0.417 e. The monoisotopic (exact) mass is 348 g/mol. The summed E-state index contributed by atoms with van der Waals surface area (Å²) in [5, 5.41) is 2.38. The Bertz CT molecular complexity index is 653. The lowest BCUT2D eigenvalue weighted by Gasteiger charge is -2.18. The zero-order valence-electron chi connectivity index (χ0n) is 13.5. The molecule has 9 heteroatoms. The molecule has 1 atom stereocenters. The van der Waals surface area contributed by atoms with Crippen LogP contribution in [0.25, 0.3) is 0 Å². The van der Waals surface area contributed by atoms with Crippen LogP contribution in [0, 0.1) is 5.92 Å². The van der Waals surface area contributed by atoms with E-state index in [9.17, 15) is 27.6 Å². The molecule has 6 nitrogen and oxygen atoms in total. The second kappa shape index (κ2) is 7.98. The first-order valence-corrected chi connectivity index (χ1v) is 7.19. The normalized spacial score (nSPS) is 12.8. The molecule has 0 saturated heterocycles. The van der Waals surface area contributed by atoms with Crippen LogP contribution in [0.15, 0.2) is 23.1 Å². The minimum Gasteiger partial charge on any atom is -0.467 e. The van der Waals surface area contributed by atoms with Gasteiger partial charge in [0.05, 0.1) is 12.7 Å². The Kier molecular flexibility index (Phi) is 6.56. The average molecular weight is 348 g/mol. The third kappa shape index (κ3) is 5.71. The molecule has 0 aliphatic carbocycles. The smallest absolute Gasteiger partial charge is 0.417 e. The molecule has 1 rings (SSSR count). The zero-order valence-corrected chi connectivity index (χ0v) is 13.5. The van der Waals surface area contributed by atoms with E-state index in [4.69, 9.17) is 0 Å². The van der Waals surface area contributed by atoms with Gasteiger partial charge in [0.15, 0.2) is 0 Å². The molecule has 1 aromatic heterocycles. The van der Waals surface area contributed by atoms with Gasteiger partial charge in [-0.25, -0.2) is 4.79 Å². The SMILES string of the molecule is COC(=O)[C@@H](CC(C)C)NC(=O)Cn1cc(C(F)(F)F)ccc1=O. The van der Waals surface area contributed by atoms with Gasteiger partial charge < -0.3 is 14.6 Å². The first kappa shape index (κ1) is 19.7. The van der Waals surface area contributed by atoms with Gasteiger partial charge in [-0.15, -0.1) is 0 Å². The Morgan fingerprint density at radius 3 is 2.42 bits per heavy atom. The number of alkyl halides is 3. The molecule has 0 aromatic carbocycles. The van der Waals surface area contributed by atoms with E-state index in [0.717, 1.165) is 6.07 Å². The molecular weight excluding hydrogens is 329 g/mol. The van der Waals surface area contributed by atoms with Crippen LogP contribution in [0.1, 0.15) is 25.8 Å². The van der Waals surface area contributed by atoms with E-state index in [1.54, 1.807) is 0 Å². The van der Waals surface area contributed by atoms with Gasteiger partial charge in [-0.1, -0.05) is 13.8 Å². The largest absolute Gasteiger partial charge is 0.467 e. The van der Waals surface area contributed by atoms with E-state index in [1.165, 1.54) is 7.11 Å². The van der Waals surface area contributed by atoms with Gasteiger partial charge in [-0.3, -0.25) is 9.59 Å².